The van der Waals surface area contributed by atoms with Crippen LogP contribution in [0, 0.1) is 0 Å². The Morgan fingerprint density at radius 1 is 0.906 bits per heavy atom. The van der Waals surface area contributed by atoms with E-state index in [-0.39, 0.29) is 11.8 Å². The zero-order valence-corrected chi connectivity index (χ0v) is 18.4. The van der Waals surface area contributed by atoms with Gasteiger partial charge in [-0.15, -0.1) is 0 Å². The van der Waals surface area contributed by atoms with Crippen molar-refractivity contribution in [1.82, 2.24) is 19.4 Å². The number of rotatable bonds is 3. The molecule has 0 bridgehead atoms. The molecule has 2 aliphatic rings. The lowest BCUT2D eigenvalue weighted by Crippen LogP contribution is -2.27. The molecule has 0 radical (unpaired) electrons. The monoisotopic (exact) mass is 424 g/mol. The minimum atomic E-state index is -0.228. The van der Waals surface area contributed by atoms with Crippen LogP contribution in [0.3, 0.4) is 0 Å². The zero-order chi connectivity index (χ0) is 22.1. The predicted octanol–water partition coefficient (Wildman–Crippen LogP) is 3.50. The number of hydrogen-bond acceptors (Lipinski definition) is 3. The summed E-state index contributed by atoms with van der Waals surface area (Å²) in [6, 6.07) is 16.2. The summed E-state index contributed by atoms with van der Waals surface area (Å²) in [5, 5.41) is 2.01. The van der Waals surface area contributed by atoms with Crippen LogP contribution in [0.2, 0.25) is 0 Å². The molecule has 2 amide bonds. The van der Waals surface area contributed by atoms with Gasteiger partial charge in [-0.05, 0) is 26.2 Å². The topological polar surface area (TPSA) is 61.3 Å². The second-order valence-electron chi connectivity index (χ2n) is 8.91. The molecule has 2 aromatic heterocycles. The quantitative estimate of drug-likeness (QED) is 0.512. The number of likely N-dealkylation sites (N-methyl/N-ethyl adjacent to an activating group) is 2. The lowest BCUT2D eigenvalue weighted by molar-refractivity contribution is -0.134. The predicted molar refractivity (Wildman–Crippen MR) is 126 cm³/mol. The zero-order valence-electron chi connectivity index (χ0n) is 18.4. The summed E-state index contributed by atoms with van der Waals surface area (Å²) in [5.74, 6) is -0.450. The van der Waals surface area contributed by atoms with Crippen molar-refractivity contribution in [2.45, 2.75) is 13.0 Å². The molecule has 0 unspecified atom stereocenters. The molecule has 0 spiro atoms. The number of hydrogen-bond donors (Lipinski definition) is 1. The van der Waals surface area contributed by atoms with E-state index in [9.17, 15) is 9.59 Å². The van der Waals surface area contributed by atoms with Gasteiger partial charge in [-0.2, -0.15) is 0 Å². The molecule has 0 saturated heterocycles. The lowest BCUT2D eigenvalue weighted by Gasteiger charge is -2.15. The van der Waals surface area contributed by atoms with E-state index in [1.54, 1.807) is 7.05 Å². The minimum absolute atomic E-state index is 0.222. The molecule has 6 nitrogen and oxygen atoms in total. The maximum Gasteiger partial charge on any atom is 0.262 e. The van der Waals surface area contributed by atoms with Crippen LogP contribution in [0.5, 0.6) is 0 Å². The standard InChI is InChI=1S/C26H24N4O2/c1-28(2)12-13-30-19-11-7-5-9-16(19)22-20(30)14-18-21(15-8-4-6-10-17(15)27-18)23-24(22)26(32)29(3)25(23)31/h4-11,27H,12-14H2,1-3H3. The fourth-order valence-corrected chi connectivity index (χ4v) is 5.26. The first-order valence-electron chi connectivity index (χ1n) is 10.9. The molecule has 4 aromatic rings. The van der Waals surface area contributed by atoms with Crippen molar-refractivity contribution < 1.29 is 9.59 Å². The number of aromatic amines is 1. The minimum Gasteiger partial charge on any atom is -0.358 e. The van der Waals surface area contributed by atoms with Gasteiger partial charge in [0.05, 0.1) is 11.1 Å². The van der Waals surface area contributed by atoms with Gasteiger partial charge in [0.1, 0.15) is 0 Å². The van der Waals surface area contributed by atoms with Crippen LogP contribution in [0.4, 0.5) is 0 Å². The van der Waals surface area contributed by atoms with Crippen LogP contribution < -0.4 is 0 Å². The van der Waals surface area contributed by atoms with E-state index in [0.717, 1.165) is 57.4 Å². The number of benzene rings is 2. The van der Waals surface area contributed by atoms with Gasteiger partial charge < -0.3 is 14.5 Å². The summed E-state index contributed by atoms with van der Waals surface area (Å²) in [5.41, 5.74) is 7.00. The molecule has 32 heavy (non-hydrogen) atoms. The Morgan fingerprint density at radius 3 is 2.31 bits per heavy atom. The summed E-state index contributed by atoms with van der Waals surface area (Å²) in [4.78, 5) is 33.8. The van der Waals surface area contributed by atoms with E-state index >= 15 is 0 Å². The van der Waals surface area contributed by atoms with Crippen LogP contribution >= 0.6 is 0 Å². The molecule has 1 aliphatic heterocycles. The second kappa shape index (κ2) is 6.68. The summed E-state index contributed by atoms with van der Waals surface area (Å²) in [6.07, 6.45) is 0.638. The van der Waals surface area contributed by atoms with E-state index in [2.05, 4.69) is 40.7 Å². The third-order valence-corrected chi connectivity index (χ3v) is 6.76. The third kappa shape index (κ3) is 2.44. The number of fused-ring (bicyclic) bond motifs is 8. The largest absolute Gasteiger partial charge is 0.358 e. The molecule has 0 saturated carbocycles. The summed E-state index contributed by atoms with van der Waals surface area (Å²) in [7, 11) is 5.71. The molecular formula is C26H24N4O2. The van der Waals surface area contributed by atoms with Gasteiger partial charge in [-0.1, -0.05) is 36.4 Å². The summed E-state index contributed by atoms with van der Waals surface area (Å²) in [6.45, 7) is 1.68. The smallest absolute Gasteiger partial charge is 0.262 e. The SMILES string of the molecule is CN(C)CCn1c2c(c3ccccc31)C1=C(C(=O)N(C)C1=O)c1c([nH]c3ccccc13)C2. The maximum atomic E-state index is 13.5. The number of carbonyl (C=O) groups excluding carboxylic acids is 2. The van der Waals surface area contributed by atoms with Crippen molar-refractivity contribution in [3.05, 3.63) is 71.0 Å². The average molecular weight is 425 g/mol. The third-order valence-electron chi connectivity index (χ3n) is 6.76. The van der Waals surface area contributed by atoms with Crippen LogP contribution in [0.1, 0.15) is 22.5 Å². The van der Waals surface area contributed by atoms with Gasteiger partial charge in [0.25, 0.3) is 11.8 Å². The highest BCUT2D eigenvalue weighted by atomic mass is 16.2. The number of nitrogens with one attached hydrogen (secondary N) is 1. The highest BCUT2D eigenvalue weighted by Gasteiger charge is 2.43. The van der Waals surface area contributed by atoms with Crippen LogP contribution in [0.25, 0.3) is 33.0 Å². The Labute approximate surface area is 185 Å². The Bertz CT molecular complexity index is 1480. The van der Waals surface area contributed by atoms with Crippen LogP contribution in [0.15, 0.2) is 48.5 Å². The lowest BCUT2D eigenvalue weighted by atomic mass is 9.95. The number of nitrogens with zero attached hydrogens (tertiary/aromatic N) is 3. The molecule has 0 atom stereocenters. The van der Waals surface area contributed by atoms with Crippen LogP contribution in [-0.2, 0) is 22.6 Å². The van der Waals surface area contributed by atoms with Gasteiger partial charge >= 0.3 is 0 Å². The first-order chi connectivity index (χ1) is 15.5. The Morgan fingerprint density at radius 2 is 1.56 bits per heavy atom. The van der Waals surface area contributed by atoms with Crippen molar-refractivity contribution >= 4 is 44.8 Å². The summed E-state index contributed by atoms with van der Waals surface area (Å²) >= 11 is 0. The van der Waals surface area contributed by atoms with Gasteiger partial charge in [0.15, 0.2) is 0 Å². The average Bonchev–Trinajstić information content (AvgIpc) is 3.32. The summed E-state index contributed by atoms with van der Waals surface area (Å²) < 4.78 is 2.33. The first kappa shape index (κ1) is 19.1. The Hall–Kier alpha value is -3.64. The molecule has 0 fully saturated rings. The van der Waals surface area contributed by atoms with Gasteiger partial charge in [0, 0.05) is 70.9 Å². The molecule has 1 N–H and O–H groups in total. The van der Waals surface area contributed by atoms with E-state index in [1.807, 2.05) is 36.4 Å². The molecular weight excluding hydrogens is 400 g/mol. The highest BCUT2D eigenvalue weighted by Crippen LogP contribution is 2.46. The van der Waals surface area contributed by atoms with Crippen molar-refractivity contribution in [3.63, 3.8) is 0 Å². The molecule has 1 aliphatic carbocycles. The van der Waals surface area contributed by atoms with Gasteiger partial charge in [-0.25, -0.2) is 0 Å². The fourth-order valence-electron chi connectivity index (χ4n) is 5.26. The molecule has 6 rings (SSSR count). The fraction of sp³-hybridized carbons (Fsp3) is 0.231. The van der Waals surface area contributed by atoms with E-state index in [0.29, 0.717) is 17.6 Å². The van der Waals surface area contributed by atoms with E-state index in [4.69, 9.17) is 0 Å². The number of aromatic nitrogens is 2. The number of amides is 2. The van der Waals surface area contributed by atoms with Gasteiger partial charge in [-0.3, -0.25) is 14.5 Å². The first-order valence-corrected chi connectivity index (χ1v) is 10.9. The maximum absolute atomic E-state index is 13.5. The highest BCUT2D eigenvalue weighted by molar-refractivity contribution is 6.51. The number of carbonyl (C=O) groups is 2. The van der Waals surface area contributed by atoms with Gasteiger partial charge in [0.2, 0.25) is 0 Å². The van der Waals surface area contributed by atoms with E-state index < -0.39 is 0 Å². The Balaban J connectivity index is 1.75. The molecule has 3 heterocycles. The molecule has 160 valence electrons. The van der Waals surface area contributed by atoms with Crippen molar-refractivity contribution in [3.8, 4) is 0 Å². The van der Waals surface area contributed by atoms with Crippen molar-refractivity contribution in [2.75, 3.05) is 27.7 Å². The Kier molecular flexibility index (Phi) is 3.98. The number of H-pyrrole nitrogens is 1. The van der Waals surface area contributed by atoms with Crippen molar-refractivity contribution in [2.24, 2.45) is 0 Å². The molecule has 6 heteroatoms. The van der Waals surface area contributed by atoms with Crippen molar-refractivity contribution in [1.29, 1.82) is 0 Å². The normalized spacial score (nSPS) is 15.7. The number of para-hydroxylation sites is 2. The second-order valence-corrected chi connectivity index (χ2v) is 8.91. The van der Waals surface area contributed by atoms with E-state index in [1.165, 1.54) is 4.90 Å². The number of imide groups is 1. The van der Waals surface area contributed by atoms with Crippen LogP contribution in [-0.4, -0.2) is 58.9 Å². The molecule has 2 aromatic carbocycles.